The first kappa shape index (κ1) is 15.5. The number of esters is 1. The maximum Gasteiger partial charge on any atom is 0.322 e. The van der Waals surface area contributed by atoms with Crippen LogP contribution in [0.15, 0.2) is 24.3 Å². The standard InChI is InChI=1S/C12H18N2O4S/c1-3-14(19(16,17)9-12(15)18-2)8-10-4-6-11(13)7-5-10/h4-7H,3,8-9,13H2,1-2H3. The number of carbonyl (C=O) groups is 1. The van der Waals surface area contributed by atoms with Gasteiger partial charge in [0.25, 0.3) is 0 Å². The molecule has 0 aromatic heterocycles. The molecule has 0 heterocycles. The van der Waals surface area contributed by atoms with Crippen molar-refractivity contribution in [2.75, 3.05) is 25.1 Å². The number of nitrogens with two attached hydrogens (primary N) is 1. The lowest BCUT2D eigenvalue weighted by Gasteiger charge is -2.19. The third-order valence-electron chi connectivity index (χ3n) is 2.61. The van der Waals surface area contributed by atoms with E-state index in [2.05, 4.69) is 4.74 Å². The monoisotopic (exact) mass is 286 g/mol. The van der Waals surface area contributed by atoms with Crippen molar-refractivity contribution in [3.8, 4) is 0 Å². The van der Waals surface area contributed by atoms with Crippen molar-refractivity contribution in [2.45, 2.75) is 13.5 Å². The Morgan fingerprint density at radius 2 is 1.89 bits per heavy atom. The van der Waals surface area contributed by atoms with E-state index in [9.17, 15) is 13.2 Å². The minimum atomic E-state index is -3.66. The Morgan fingerprint density at radius 1 is 1.32 bits per heavy atom. The number of rotatable bonds is 6. The zero-order valence-corrected chi connectivity index (χ0v) is 11.8. The summed E-state index contributed by atoms with van der Waals surface area (Å²) in [6.07, 6.45) is 0. The molecule has 0 aliphatic carbocycles. The number of sulfonamides is 1. The van der Waals surface area contributed by atoms with Gasteiger partial charge >= 0.3 is 5.97 Å². The topological polar surface area (TPSA) is 89.7 Å². The van der Waals surface area contributed by atoms with Gasteiger partial charge in [-0.25, -0.2) is 8.42 Å². The minimum absolute atomic E-state index is 0.204. The van der Waals surface area contributed by atoms with Gasteiger partial charge in [-0.15, -0.1) is 0 Å². The molecule has 106 valence electrons. The van der Waals surface area contributed by atoms with Crippen molar-refractivity contribution in [1.29, 1.82) is 0 Å². The molecular weight excluding hydrogens is 268 g/mol. The van der Waals surface area contributed by atoms with Gasteiger partial charge < -0.3 is 10.5 Å². The molecule has 0 unspecified atom stereocenters. The van der Waals surface area contributed by atoms with E-state index in [1.165, 1.54) is 4.31 Å². The fourth-order valence-electron chi connectivity index (χ4n) is 1.53. The Kier molecular flexibility index (Phi) is 5.31. The molecular formula is C12H18N2O4S. The summed E-state index contributed by atoms with van der Waals surface area (Å²) in [5.41, 5.74) is 6.99. The average molecular weight is 286 g/mol. The number of hydrogen-bond acceptors (Lipinski definition) is 5. The number of anilines is 1. The van der Waals surface area contributed by atoms with Gasteiger partial charge in [0, 0.05) is 18.8 Å². The predicted octanol–water partition coefficient (Wildman–Crippen LogP) is 0.594. The lowest BCUT2D eigenvalue weighted by Crippen LogP contribution is -2.35. The number of carbonyl (C=O) groups excluding carboxylic acids is 1. The second kappa shape index (κ2) is 6.53. The Labute approximate surface area is 113 Å². The van der Waals surface area contributed by atoms with Crippen LogP contribution in [0.4, 0.5) is 5.69 Å². The quantitative estimate of drug-likeness (QED) is 0.610. The summed E-state index contributed by atoms with van der Waals surface area (Å²) < 4.78 is 29.6. The van der Waals surface area contributed by atoms with E-state index in [4.69, 9.17) is 5.73 Å². The zero-order chi connectivity index (χ0) is 14.5. The van der Waals surface area contributed by atoms with Gasteiger partial charge in [0.05, 0.1) is 7.11 Å². The number of hydrogen-bond donors (Lipinski definition) is 1. The molecule has 19 heavy (non-hydrogen) atoms. The van der Waals surface area contributed by atoms with Crippen LogP contribution >= 0.6 is 0 Å². The second-order valence-corrected chi connectivity index (χ2v) is 5.97. The molecule has 0 atom stereocenters. The second-order valence-electron chi connectivity index (χ2n) is 4.00. The molecule has 0 saturated carbocycles. The Hall–Kier alpha value is -1.60. The lowest BCUT2D eigenvalue weighted by molar-refractivity contribution is -0.137. The van der Waals surface area contributed by atoms with Crippen LogP contribution in [0.25, 0.3) is 0 Å². The largest absolute Gasteiger partial charge is 0.468 e. The molecule has 7 heteroatoms. The highest BCUT2D eigenvalue weighted by atomic mass is 32.2. The van der Waals surface area contributed by atoms with E-state index in [-0.39, 0.29) is 13.1 Å². The summed E-state index contributed by atoms with van der Waals surface area (Å²) in [6.45, 7) is 2.20. The molecule has 0 saturated heterocycles. The van der Waals surface area contributed by atoms with Gasteiger partial charge in [0.1, 0.15) is 0 Å². The number of nitrogen functional groups attached to an aromatic ring is 1. The van der Waals surface area contributed by atoms with Crippen LogP contribution in [-0.2, 0) is 26.1 Å². The van der Waals surface area contributed by atoms with Gasteiger partial charge in [-0.3, -0.25) is 4.79 Å². The molecule has 0 bridgehead atoms. The van der Waals surface area contributed by atoms with Crippen LogP contribution in [0.1, 0.15) is 12.5 Å². The van der Waals surface area contributed by atoms with E-state index >= 15 is 0 Å². The maximum atomic E-state index is 12.0. The van der Waals surface area contributed by atoms with E-state index in [1.54, 1.807) is 31.2 Å². The molecule has 1 aromatic rings. The average Bonchev–Trinajstić information content (AvgIpc) is 2.37. The van der Waals surface area contributed by atoms with E-state index in [1.807, 2.05) is 0 Å². The van der Waals surface area contributed by atoms with Crippen LogP contribution in [0.2, 0.25) is 0 Å². The summed E-state index contributed by atoms with van der Waals surface area (Å²) in [5, 5.41) is 0. The van der Waals surface area contributed by atoms with Crippen molar-refractivity contribution >= 4 is 21.7 Å². The molecule has 0 radical (unpaired) electrons. The first-order valence-electron chi connectivity index (χ1n) is 5.78. The number of nitrogens with zero attached hydrogens (tertiary/aromatic N) is 1. The van der Waals surface area contributed by atoms with Crippen LogP contribution in [0.3, 0.4) is 0 Å². The van der Waals surface area contributed by atoms with Crippen LogP contribution < -0.4 is 5.73 Å². The highest BCUT2D eigenvalue weighted by Gasteiger charge is 2.24. The van der Waals surface area contributed by atoms with Crippen LogP contribution in [0, 0.1) is 0 Å². The van der Waals surface area contributed by atoms with Crippen LogP contribution in [-0.4, -0.2) is 38.1 Å². The normalized spacial score (nSPS) is 11.5. The molecule has 0 amide bonds. The van der Waals surface area contributed by atoms with Gasteiger partial charge in [-0.2, -0.15) is 4.31 Å². The molecule has 0 aliphatic rings. The fraction of sp³-hybridized carbons (Fsp3) is 0.417. The summed E-state index contributed by atoms with van der Waals surface area (Å²) >= 11 is 0. The van der Waals surface area contributed by atoms with Gasteiger partial charge in [0.15, 0.2) is 5.75 Å². The molecule has 6 nitrogen and oxygen atoms in total. The molecule has 0 aliphatic heterocycles. The van der Waals surface area contributed by atoms with Crippen molar-refractivity contribution in [2.24, 2.45) is 0 Å². The highest BCUT2D eigenvalue weighted by Crippen LogP contribution is 2.12. The molecule has 1 rings (SSSR count). The first-order chi connectivity index (χ1) is 8.89. The third kappa shape index (κ3) is 4.53. The highest BCUT2D eigenvalue weighted by molar-refractivity contribution is 7.89. The van der Waals surface area contributed by atoms with E-state index in [0.29, 0.717) is 5.69 Å². The Balaban J connectivity index is 2.83. The summed E-state index contributed by atoms with van der Waals surface area (Å²) in [5.74, 6) is -1.41. The molecule has 0 fully saturated rings. The maximum absolute atomic E-state index is 12.0. The van der Waals surface area contributed by atoms with Gasteiger partial charge in [0.2, 0.25) is 10.0 Å². The van der Waals surface area contributed by atoms with E-state index in [0.717, 1.165) is 12.7 Å². The third-order valence-corrected chi connectivity index (χ3v) is 4.39. The van der Waals surface area contributed by atoms with Gasteiger partial charge in [-0.05, 0) is 17.7 Å². The van der Waals surface area contributed by atoms with Crippen molar-refractivity contribution < 1.29 is 17.9 Å². The molecule has 0 spiro atoms. The van der Waals surface area contributed by atoms with Crippen molar-refractivity contribution in [3.63, 3.8) is 0 Å². The predicted molar refractivity (Wildman–Crippen MR) is 72.7 cm³/mol. The SMILES string of the molecule is CCN(Cc1ccc(N)cc1)S(=O)(=O)CC(=O)OC. The molecule has 2 N–H and O–H groups in total. The Morgan fingerprint density at radius 3 is 2.37 bits per heavy atom. The van der Waals surface area contributed by atoms with Crippen molar-refractivity contribution in [3.05, 3.63) is 29.8 Å². The van der Waals surface area contributed by atoms with Crippen LogP contribution in [0.5, 0.6) is 0 Å². The summed E-state index contributed by atoms with van der Waals surface area (Å²) in [6, 6.07) is 6.92. The van der Waals surface area contributed by atoms with E-state index < -0.39 is 21.7 Å². The lowest BCUT2D eigenvalue weighted by atomic mass is 10.2. The fourth-order valence-corrected chi connectivity index (χ4v) is 2.87. The Bertz CT molecular complexity index is 525. The number of methoxy groups -OCH3 is 1. The minimum Gasteiger partial charge on any atom is -0.468 e. The first-order valence-corrected chi connectivity index (χ1v) is 7.39. The van der Waals surface area contributed by atoms with Gasteiger partial charge in [-0.1, -0.05) is 19.1 Å². The van der Waals surface area contributed by atoms with Crippen molar-refractivity contribution in [1.82, 2.24) is 4.31 Å². The number of ether oxygens (including phenoxy) is 1. The summed E-state index contributed by atoms with van der Waals surface area (Å²) in [7, 11) is -2.50. The zero-order valence-electron chi connectivity index (χ0n) is 11.0. The number of benzene rings is 1. The summed E-state index contributed by atoms with van der Waals surface area (Å²) in [4.78, 5) is 11.1. The molecule has 1 aromatic carbocycles. The smallest absolute Gasteiger partial charge is 0.322 e.